The molecule has 1 aromatic rings. The molecule has 0 bridgehead atoms. The Kier molecular flexibility index (Phi) is 6.37. The molecular formula is C13H16BrNO3S. The number of rotatable bonds is 6. The zero-order valence-electron chi connectivity index (χ0n) is 10.7. The second-order valence-corrected chi connectivity index (χ2v) is 6.42. The predicted octanol–water partition coefficient (Wildman–Crippen LogP) is 3.23. The average molecular weight is 346 g/mol. The molecule has 0 saturated carbocycles. The molecular weight excluding hydrogens is 330 g/mol. The molecule has 0 radical (unpaired) electrons. The summed E-state index contributed by atoms with van der Waals surface area (Å²) in [5, 5.41) is 11.2. The first kappa shape index (κ1) is 16.0. The van der Waals surface area contributed by atoms with Gasteiger partial charge in [-0.25, -0.2) is 0 Å². The maximum Gasteiger partial charge on any atom is 0.316 e. The van der Waals surface area contributed by atoms with Crippen LogP contribution in [0.2, 0.25) is 0 Å². The minimum absolute atomic E-state index is 0.0128. The number of carbonyl (C=O) groups excluding carboxylic acids is 1. The first-order valence-corrected chi connectivity index (χ1v) is 7.64. The zero-order chi connectivity index (χ0) is 14.4. The van der Waals surface area contributed by atoms with E-state index in [-0.39, 0.29) is 17.6 Å². The highest BCUT2D eigenvalue weighted by Crippen LogP contribution is 2.21. The molecule has 0 saturated heterocycles. The van der Waals surface area contributed by atoms with E-state index in [1.165, 1.54) is 0 Å². The second-order valence-electron chi connectivity index (χ2n) is 4.37. The minimum atomic E-state index is -0.879. The first-order valence-electron chi connectivity index (χ1n) is 5.80. The molecule has 19 heavy (non-hydrogen) atoms. The van der Waals surface area contributed by atoms with Crippen LogP contribution in [-0.2, 0) is 9.59 Å². The van der Waals surface area contributed by atoms with E-state index in [2.05, 4.69) is 21.2 Å². The number of nitrogens with one attached hydrogen (secondary N) is 1. The van der Waals surface area contributed by atoms with Crippen molar-refractivity contribution in [2.75, 3.05) is 11.1 Å². The molecule has 1 atom stereocenters. The number of hydrogen-bond acceptors (Lipinski definition) is 3. The van der Waals surface area contributed by atoms with Crippen molar-refractivity contribution in [2.24, 2.45) is 5.92 Å². The Morgan fingerprint density at radius 3 is 2.63 bits per heavy atom. The molecule has 0 aliphatic heterocycles. The number of amides is 1. The van der Waals surface area contributed by atoms with Crippen molar-refractivity contribution in [1.82, 2.24) is 0 Å². The van der Waals surface area contributed by atoms with Crippen molar-refractivity contribution in [3.05, 3.63) is 28.7 Å². The molecule has 1 rings (SSSR count). The van der Waals surface area contributed by atoms with E-state index >= 15 is 0 Å². The minimum Gasteiger partial charge on any atom is -0.480 e. The van der Waals surface area contributed by atoms with Gasteiger partial charge in [0, 0.05) is 10.2 Å². The maximum atomic E-state index is 11.7. The summed E-state index contributed by atoms with van der Waals surface area (Å²) in [6, 6.07) is 7.26. The van der Waals surface area contributed by atoms with Crippen LogP contribution in [0.1, 0.15) is 13.8 Å². The van der Waals surface area contributed by atoms with Gasteiger partial charge in [0.2, 0.25) is 5.91 Å². The van der Waals surface area contributed by atoms with Crippen molar-refractivity contribution in [1.29, 1.82) is 0 Å². The number of carboxylic acid groups (broad SMARTS) is 1. The lowest BCUT2D eigenvalue weighted by Crippen LogP contribution is -2.25. The Bertz CT molecular complexity index is 465. The van der Waals surface area contributed by atoms with Gasteiger partial charge in [-0.1, -0.05) is 35.8 Å². The Labute approximate surface area is 125 Å². The van der Waals surface area contributed by atoms with E-state index in [0.717, 1.165) is 16.2 Å². The number of benzene rings is 1. The fourth-order valence-corrected chi connectivity index (χ4v) is 2.81. The lowest BCUT2D eigenvalue weighted by atomic mass is 10.1. The lowest BCUT2D eigenvalue weighted by molar-refractivity contribution is -0.137. The van der Waals surface area contributed by atoms with Gasteiger partial charge < -0.3 is 10.4 Å². The van der Waals surface area contributed by atoms with E-state index < -0.39 is 11.2 Å². The first-order chi connectivity index (χ1) is 8.90. The van der Waals surface area contributed by atoms with Crippen LogP contribution >= 0.6 is 27.7 Å². The van der Waals surface area contributed by atoms with Gasteiger partial charge in [-0.2, -0.15) is 0 Å². The van der Waals surface area contributed by atoms with Gasteiger partial charge in [0.25, 0.3) is 0 Å². The smallest absolute Gasteiger partial charge is 0.316 e. The number of thioether (sulfide) groups is 1. The number of carboxylic acids is 1. The molecule has 0 aliphatic carbocycles. The van der Waals surface area contributed by atoms with Gasteiger partial charge in [-0.05, 0) is 24.1 Å². The fraction of sp³-hybridized carbons (Fsp3) is 0.385. The predicted molar refractivity (Wildman–Crippen MR) is 81.5 cm³/mol. The molecule has 2 N–H and O–H groups in total. The lowest BCUT2D eigenvalue weighted by Gasteiger charge is -2.15. The van der Waals surface area contributed by atoms with Crippen LogP contribution < -0.4 is 5.32 Å². The van der Waals surface area contributed by atoms with Crippen LogP contribution in [0.25, 0.3) is 0 Å². The largest absolute Gasteiger partial charge is 0.480 e. The highest BCUT2D eigenvalue weighted by molar-refractivity contribution is 9.10. The SMILES string of the molecule is CC(C)C(SCC(=O)Nc1cccc(Br)c1)C(=O)O. The summed E-state index contributed by atoms with van der Waals surface area (Å²) in [4.78, 5) is 22.7. The van der Waals surface area contributed by atoms with Gasteiger partial charge in [0.1, 0.15) is 5.25 Å². The number of halogens is 1. The van der Waals surface area contributed by atoms with Gasteiger partial charge in [-0.3, -0.25) is 9.59 Å². The van der Waals surface area contributed by atoms with Crippen molar-refractivity contribution in [2.45, 2.75) is 19.1 Å². The number of aliphatic carboxylic acids is 1. The van der Waals surface area contributed by atoms with Gasteiger partial charge >= 0.3 is 5.97 Å². The summed E-state index contributed by atoms with van der Waals surface area (Å²) in [6.07, 6.45) is 0. The summed E-state index contributed by atoms with van der Waals surface area (Å²) < 4.78 is 0.878. The van der Waals surface area contributed by atoms with Crippen LogP contribution in [0.5, 0.6) is 0 Å². The summed E-state index contributed by atoms with van der Waals surface area (Å²) >= 11 is 4.46. The molecule has 0 heterocycles. The Morgan fingerprint density at radius 1 is 1.42 bits per heavy atom. The van der Waals surface area contributed by atoms with Crippen LogP contribution in [0, 0.1) is 5.92 Å². The van der Waals surface area contributed by atoms with Crippen LogP contribution in [0.3, 0.4) is 0 Å². The molecule has 0 fully saturated rings. The topological polar surface area (TPSA) is 66.4 Å². The summed E-state index contributed by atoms with van der Waals surface area (Å²) in [7, 11) is 0. The zero-order valence-corrected chi connectivity index (χ0v) is 13.1. The molecule has 1 aromatic carbocycles. The Balaban J connectivity index is 2.50. The monoisotopic (exact) mass is 345 g/mol. The maximum absolute atomic E-state index is 11.7. The molecule has 0 aromatic heterocycles. The quantitative estimate of drug-likeness (QED) is 0.830. The number of carbonyl (C=O) groups is 2. The molecule has 104 valence electrons. The van der Waals surface area contributed by atoms with Gasteiger partial charge in [-0.15, -0.1) is 11.8 Å². The van der Waals surface area contributed by atoms with Crippen molar-refractivity contribution in [3.8, 4) is 0 Å². The summed E-state index contributed by atoms with van der Waals surface area (Å²) in [6.45, 7) is 3.66. The van der Waals surface area contributed by atoms with Gasteiger partial charge in [0.15, 0.2) is 0 Å². The molecule has 6 heteroatoms. The fourth-order valence-electron chi connectivity index (χ4n) is 1.48. The highest BCUT2D eigenvalue weighted by atomic mass is 79.9. The normalized spacial score (nSPS) is 12.2. The standard InChI is InChI=1S/C13H16BrNO3S/c1-8(2)12(13(17)18)19-7-11(16)15-10-5-3-4-9(14)6-10/h3-6,8,12H,7H2,1-2H3,(H,15,16)(H,17,18). The average Bonchev–Trinajstić information content (AvgIpc) is 2.27. The summed E-state index contributed by atoms with van der Waals surface area (Å²) in [5.41, 5.74) is 0.691. The summed E-state index contributed by atoms with van der Waals surface area (Å²) in [5.74, 6) is -0.965. The molecule has 4 nitrogen and oxygen atoms in total. The van der Waals surface area contributed by atoms with Crippen molar-refractivity contribution in [3.63, 3.8) is 0 Å². The van der Waals surface area contributed by atoms with E-state index in [9.17, 15) is 9.59 Å². The highest BCUT2D eigenvalue weighted by Gasteiger charge is 2.22. The van der Waals surface area contributed by atoms with E-state index in [1.807, 2.05) is 26.0 Å². The molecule has 1 unspecified atom stereocenters. The van der Waals surface area contributed by atoms with Crippen molar-refractivity contribution >= 4 is 45.3 Å². The van der Waals surface area contributed by atoms with E-state index in [4.69, 9.17) is 5.11 Å². The van der Waals surface area contributed by atoms with Crippen molar-refractivity contribution < 1.29 is 14.7 Å². The van der Waals surface area contributed by atoms with Crippen LogP contribution in [0.15, 0.2) is 28.7 Å². The Morgan fingerprint density at radius 2 is 2.11 bits per heavy atom. The van der Waals surface area contributed by atoms with Crippen LogP contribution in [-0.4, -0.2) is 28.0 Å². The van der Waals surface area contributed by atoms with Gasteiger partial charge in [0.05, 0.1) is 5.75 Å². The van der Waals surface area contributed by atoms with E-state index in [1.54, 1.807) is 12.1 Å². The number of anilines is 1. The molecule has 0 spiro atoms. The molecule has 0 aliphatic rings. The third kappa shape index (κ3) is 5.65. The second kappa shape index (κ2) is 7.55. The third-order valence-corrected chi connectivity index (χ3v) is 4.38. The van der Waals surface area contributed by atoms with Crippen LogP contribution in [0.4, 0.5) is 5.69 Å². The molecule has 1 amide bonds. The number of hydrogen-bond donors (Lipinski definition) is 2. The van der Waals surface area contributed by atoms with E-state index in [0.29, 0.717) is 5.69 Å². The Hall–Kier alpha value is -1.01. The third-order valence-electron chi connectivity index (χ3n) is 2.35.